The first-order valence-corrected chi connectivity index (χ1v) is 8.92. The zero-order chi connectivity index (χ0) is 27.0. The highest BCUT2D eigenvalue weighted by molar-refractivity contribution is 6.41. The van der Waals surface area contributed by atoms with Gasteiger partial charge in [-0.25, -0.2) is 52.4 Å². The lowest BCUT2D eigenvalue weighted by molar-refractivity contribution is 0.0980. The van der Waals surface area contributed by atoms with Gasteiger partial charge >= 0.3 is 14.9 Å². The maximum absolute atomic E-state index is 14.5. The number of halogens is 12. The number of fused-ring (bicyclic) bond motifs is 3. The Morgan fingerprint density at radius 3 is 0.917 bits per heavy atom. The van der Waals surface area contributed by atoms with E-state index in [9.17, 15) is 62.0 Å². The molecule has 0 radical (unpaired) electrons. The summed E-state index contributed by atoms with van der Waals surface area (Å²) in [5.74, 6) is -29.8. The average Bonchev–Trinajstić information content (AvgIpc) is 2.80. The average molecular weight is 530 g/mol. The van der Waals surface area contributed by atoms with E-state index in [1.807, 2.05) is 0 Å². The van der Waals surface area contributed by atoms with E-state index in [1.54, 1.807) is 0 Å². The smallest absolute Gasteiger partial charge is 0.504 e. The normalized spacial score (nSPS) is 14.6. The second kappa shape index (κ2) is 8.37. The molecule has 0 fully saturated rings. The molecule has 18 heteroatoms. The summed E-state index contributed by atoms with van der Waals surface area (Å²) in [5.41, 5.74) is -11.7. The Hall–Kier alpha value is -3.85. The first kappa shape index (κ1) is 25.2. The minimum atomic E-state index is -4.13. The van der Waals surface area contributed by atoms with Crippen molar-refractivity contribution in [2.75, 3.05) is 0 Å². The van der Waals surface area contributed by atoms with E-state index in [2.05, 4.69) is 9.31 Å². The van der Waals surface area contributed by atoms with Crippen LogP contribution in [0.1, 0.15) is 31.8 Å². The van der Waals surface area contributed by atoms with Crippen LogP contribution >= 0.6 is 0 Å². The van der Waals surface area contributed by atoms with E-state index in [0.717, 1.165) is 0 Å². The number of ketones is 2. The van der Waals surface area contributed by atoms with Gasteiger partial charge in [-0.3, -0.25) is 9.59 Å². The Bertz CT molecular complexity index is 1360. The molecule has 0 saturated carbocycles. The van der Waals surface area contributed by atoms with Crippen LogP contribution in [0.4, 0.5) is 52.4 Å². The van der Waals surface area contributed by atoms with Gasteiger partial charge in [-0.1, -0.05) is 0 Å². The third kappa shape index (κ3) is 3.30. The van der Waals surface area contributed by atoms with Crippen LogP contribution in [0.3, 0.4) is 0 Å². The first-order chi connectivity index (χ1) is 16.7. The van der Waals surface area contributed by atoms with Crippen molar-refractivity contribution in [1.29, 1.82) is 0 Å². The number of carbonyl (C=O) groups is 2. The standard InChI is InChI=1S/C18B2F12O4/c21-7-1-3(9(23)13(27)11(7)25)17(35-19(29)30)6-5(15(1)33)18(36-20(31)32)4-2(16(6)34)8(22)12(26)14(28)10(4)24. The van der Waals surface area contributed by atoms with Gasteiger partial charge in [-0.05, 0) is 0 Å². The van der Waals surface area contributed by atoms with Crippen molar-refractivity contribution in [3.05, 3.63) is 79.9 Å². The van der Waals surface area contributed by atoms with Crippen LogP contribution < -0.4 is 0 Å². The molecule has 0 saturated heterocycles. The molecule has 2 aromatic rings. The van der Waals surface area contributed by atoms with Crippen molar-refractivity contribution >= 4 is 38.0 Å². The van der Waals surface area contributed by atoms with Gasteiger partial charge in [0.2, 0.25) is 11.6 Å². The summed E-state index contributed by atoms with van der Waals surface area (Å²) < 4.78 is 174. The molecule has 0 amide bonds. The lowest BCUT2D eigenvalue weighted by Crippen LogP contribution is -2.32. The summed E-state index contributed by atoms with van der Waals surface area (Å²) in [5, 5.41) is 0. The highest BCUT2D eigenvalue weighted by atomic mass is 19.2. The number of rotatable bonds is 4. The van der Waals surface area contributed by atoms with Gasteiger partial charge in [-0.15, -0.1) is 0 Å². The Balaban J connectivity index is 2.30. The Kier molecular flexibility index (Phi) is 5.87. The van der Waals surface area contributed by atoms with E-state index < -0.39 is 118 Å². The van der Waals surface area contributed by atoms with Gasteiger partial charge < -0.3 is 9.31 Å². The van der Waals surface area contributed by atoms with Crippen molar-refractivity contribution in [2.24, 2.45) is 0 Å². The predicted molar refractivity (Wildman–Crippen MR) is 93.2 cm³/mol. The Morgan fingerprint density at radius 1 is 0.417 bits per heavy atom. The molecule has 0 aromatic heterocycles. The largest absolute Gasteiger partial charge is 0.796 e. The highest BCUT2D eigenvalue weighted by Gasteiger charge is 2.50. The zero-order valence-electron chi connectivity index (χ0n) is 16.3. The molecule has 2 aliphatic carbocycles. The number of allylic oxidation sites excluding steroid dienone is 2. The van der Waals surface area contributed by atoms with E-state index >= 15 is 0 Å². The van der Waals surface area contributed by atoms with Gasteiger partial charge in [0.1, 0.15) is 11.5 Å². The molecule has 2 aliphatic rings. The number of hydrogen-bond donors (Lipinski definition) is 0. The fourth-order valence-corrected chi connectivity index (χ4v) is 3.69. The molecule has 0 unspecified atom stereocenters. The number of carbonyl (C=O) groups excluding carboxylic acids is 2. The van der Waals surface area contributed by atoms with E-state index in [4.69, 9.17) is 0 Å². The molecule has 186 valence electrons. The highest BCUT2D eigenvalue weighted by Crippen LogP contribution is 2.48. The lowest BCUT2D eigenvalue weighted by Gasteiger charge is -2.30. The van der Waals surface area contributed by atoms with Crippen LogP contribution in [0.2, 0.25) is 0 Å². The lowest BCUT2D eigenvalue weighted by atomic mass is 9.75. The van der Waals surface area contributed by atoms with Gasteiger partial charge in [0.25, 0.3) is 0 Å². The van der Waals surface area contributed by atoms with Crippen molar-refractivity contribution in [3.8, 4) is 0 Å². The predicted octanol–water partition coefficient (Wildman–Crippen LogP) is 5.20. The third-order valence-corrected chi connectivity index (χ3v) is 5.01. The maximum Gasteiger partial charge on any atom is 0.796 e. The minimum absolute atomic E-state index is 1.87. The molecule has 4 nitrogen and oxygen atoms in total. The Morgan fingerprint density at radius 2 is 0.667 bits per heavy atom. The van der Waals surface area contributed by atoms with E-state index in [0.29, 0.717) is 0 Å². The summed E-state index contributed by atoms with van der Waals surface area (Å²) in [6.07, 6.45) is 0. The van der Waals surface area contributed by atoms with Crippen LogP contribution in [-0.4, -0.2) is 26.5 Å². The van der Waals surface area contributed by atoms with Crippen LogP contribution in [0, 0.1) is 46.5 Å². The zero-order valence-corrected chi connectivity index (χ0v) is 16.3. The molecule has 2 aromatic carbocycles. The van der Waals surface area contributed by atoms with Crippen LogP contribution in [0.25, 0.3) is 11.5 Å². The van der Waals surface area contributed by atoms with Crippen LogP contribution in [0.15, 0.2) is 11.1 Å². The summed E-state index contributed by atoms with van der Waals surface area (Å²) in [6, 6.07) is 0. The molecule has 0 N–H and O–H groups in total. The number of benzene rings is 2. The molecule has 4 rings (SSSR count). The maximum atomic E-state index is 14.5. The van der Waals surface area contributed by atoms with Crippen molar-refractivity contribution in [3.63, 3.8) is 0 Å². The summed E-state index contributed by atoms with van der Waals surface area (Å²) >= 11 is 0. The third-order valence-electron chi connectivity index (χ3n) is 5.01. The van der Waals surface area contributed by atoms with Gasteiger partial charge in [-0.2, -0.15) is 0 Å². The van der Waals surface area contributed by atoms with Gasteiger partial charge in [0, 0.05) is 0 Å². The quantitative estimate of drug-likeness (QED) is 0.237. The van der Waals surface area contributed by atoms with E-state index in [1.165, 1.54) is 0 Å². The summed E-state index contributed by atoms with van der Waals surface area (Å²) in [6.45, 7) is 0. The fraction of sp³-hybridized carbons (Fsp3) is 0. The SMILES string of the molecule is O=C1C2=C(OB(F)F)c3c(F)c(F)c(F)c(F)c3C(=O)C2=C(OB(F)F)c2c(F)c(F)c(F)c(F)c21. The first-order valence-electron chi connectivity index (χ1n) is 8.92. The fourth-order valence-electron chi connectivity index (χ4n) is 3.69. The molecular formula is C18B2F12O4. The van der Waals surface area contributed by atoms with Crippen molar-refractivity contribution < 1.29 is 71.3 Å². The molecule has 36 heavy (non-hydrogen) atoms. The Labute approximate surface area is 190 Å². The summed E-state index contributed by atoms with van der Waals surface area (Å²) in [4.78, 5) is 25.8. The molecule has 0 bridgehead atoms. The number of Topliss-reactive ketones (excluding diaryl/α,β-unsaturated/α-hetero) is 2. The van der Waals surface area contributed by atoms with Crippen molar-refractivity contribution in [1.82, 2.24) is 0 Å². The minimum Gasteiger partial charge on any atom is -0.504 e. The second-order valence-corrected chi connectivity index (χ2v) is 6.84. The van der Waals surface area contributed by atoms with Crippen molar-refractivity contribution in [2.45, 2.75) is 0 Å². The molecule has 0 spiro atoms. The van der Waals surface area contributed by atoms with E-state index in [-0.39, 0.29) is 0 Å². The summed E-state index contributed by atoms with van der Waals surface area (Å²) in [7, 11) is -8.27. The van der Waals surface area contributed by atoms with Crippen LogP contribution in [-0.2, 0) is 9.31 Å². The molecule has 0 atom stereocenters. The molecule has 0 aliphatic heterocycles. The van der Waals surface area contributed by atoms with Crippen LogP contribution in [0.5, 0.6) is 0 Å². The monoisotopic (exact) mass is 530 g/mol. The van der Waals surface area contributed by atoms with Gasteiger partial charge in [0.05, 0.1) is 33.4 Å². The second-order valence-electron chi connectivity index (χ2n) is 6.84. The topological polar surface area (TPSA) is 52.6 Å². The number of hydrogen-bond acceptors (Lipinski definition) is 4. The molecule has 0 heterocycles. The van der Waals surface area contributed by atoms with Gasteiger partial charge in [0.15, 0.2) is 46.5 Å². The molecular weight excluding hydrogens is 530 g/mol.